The van der Waals surface area contributed by atoms with Gasteiger partial charge in [-0.25, -0.2) is 4.98 Å². The molecule has 1 aliphatic carbocycles. The van der Waals surface area contributed by atoms with Crippen molar-refractivity contribution < 1.29 is 4.74 Å². The van der Waals surface area contributed by atoms with Gasteiger partial charge in [-0.05, 0) is 38.0 Å². The fourth-order valence-corrected chi connectivity index (χ4v) is 2.20. The Hall–Kier alpha value is -2.01. The summed E-state index contributed by atoms with van der Waals surface area (Å²) >= 11 is 6.04. The summed E-state index contributed by atoms with van der Waals surface area (Å²) < 4.78 is 5.33. The predicted molar refractivity (Wildman–Crippen MR) is 84.7 cm³/mol. The molecule has 1 aromatic heterocycles. The van der Waals surface area contributed by atoms with Gasteiger partial charge in [0.1, 0.15) is 11.6 Å². The number of ether oxygens (including phenoxy) is 1. The molecule has 1 aliphatic rings. The molecule has 1 aromatic carbocycles. The van der Waals surface area contributed by atoms with Crippen LogP contribution in [0.1, 0.15) is 18.5 Å². The second-order valence-corrected chi connectivity index (χ2v) is 5.54. The van der Waals surface area contributed by atoms with Gasteiger partial charge in [0.25, 0.3) is 0 Å². The van der Waals surface area contributed by atoms with Crippen LogP contribution in [-0.4, -0.2) is 23.1 Å². The van der Waals surface area contributed by atoms with E-state index in [-0.39, 0.29) is 0 Å². The average molecular weight is 305 g/mol. The molecule has 6 heteroatoms. The number of halogens is 1. The SMILES string of the molecule is COc1ccc(Cl)cc1Nc1cc(C)nc(NC2CC2)n1. The van der Waals surface area contributed by atoms with E-state index in [9.17, 15) is 0 Å². The lowest BCUT2D eigenvalue weighted by Crippen LogP contribution is -2.08. The number of nitrogens with one attached hydrogen (secondary N) is 2. The Morgan fingerprint density at radius 1 is 1.24 bits per heavy atom. The molecule has 5 nitrogen and oxygen atoms in total. The molecule has 0 aliphatic heterocycles. The zero-order valence-corrected chi connectivity index (χ0v) is 12.7. The van der Waals surface area contributed by atoms with Crippen LogP contribution in [0.15, 0.2) is 24.3 Å². The average Bonchev–Trinajstić information content (AvgIpc) is 3.22. The maximum atomic E-state index is 6.04. The van der Waals surface area contributed by atoms with E-state index in [4.69, 9.17) is 16.3 Å². The van der Waals surface area contributed by atoms with Gasteiger partial charge < -0.3 is 15.4 Å². The largest absolute Gasteiger partial charge is 0.495 e. The van der Waals surface area contributed by atoms with Gasteiger partial charge >= 0.3 is 0 Å². The first kappa shape index (κ1) is 13.9. The Morgan fingerprint density at radius 2 is 2.05 bits per heavy atom. The monoisotopic (exact) mass is 304 g/mol. The van der Waals surface area contributed by atoms with Gasteiger partial charge in [0.2, 0.25) is 5.95 Å². The topological polar surface area (TPSA) is 59.1 Å². The van der Waals surface area contributed by atoms with E-state index in [1.807, 2.05) is 25.1 Å². The van der Waals surface area contributed by atoms with Crippen LogP contribution in [-0.2, 0) is 0 Å². The van der Waals surface area contributed by atoms with Gasteiger partial charge in [-0.1, -0.05) is 11.6 Å². The third-order valence-corrected chi connectivity index (χ3v) is 3.42. The van der Waals surface area contributed by atoms with Crippen molar-refractivity contribution in [2.24, 2.45) is 0 Å². The highest BCUT2D eigenvalue weighted by Gasteiger charge is 2.22. The number of aryl methyl sites for hydroxylation is 1. The lowest BCUT2D eigenvalue weighted by atomic mass is 10.3. The number of methoxy groups -OCH3 is 1. The highest BCUT2D eigenvalue weighted by Crippen LogP contribution is 2.30. The van der Waals surface area contributed by atoms with E-state index >= 15 is 0 Å². The van der Waals surface area contributed by atoms with Crippen LogP contribution < -0.4 is 15.4 Å². The van der Waals surface area contributed by atoms with Gasteiger partial charge in [-0.3, -0.25) is 0 Å². The molecule has 3 rings (SSSR count). The number of hydrogen-bond acceptors (Lipinski definition) is 5. The van der Waals surface area contributed by atoms with Crippen LogP contribution in [0, 0.1) is 6.92 Å². The molecule has 0 saturated heterocycles. The Balaban J connectivity index is 1.86. The molecule has 21 heavy (non-hydrogen) atoms. The molecule has 2 N–H and O–H groups in total. The first-order valence-corrected chi connectivity index (χ1v) is 7.24. The van der Waals surface area contributed by atoms with E-state index in [2.05, 4.69) is 20.6 Å². The summed E-state index contributed by atoms with van der Waals surface area (Å²) in [7, 11) is 1.62. The molecule has 1 fully saturated rings. The minimum atomic E-state index is 0.514. The van der Waals surface area contributed by atoms with Gasteiger partial charge in [0.15, 0.2) is 0 Å². The summed E-state index contributed by atoms with van der Waals surface area (Å²) in [5, 5.41) is 7.18. The van der Waals surface area contributed by atoms with Crippen LogP contribution in [0.5, 0.6) is 5.75 Å². The van der Waals surface area contributed by atoms with Gasteiger partial charge in [0.05, 0.1) is 12.8 Å². The summed E-state index contributed by atoms with van der Waals surface area (Å²) in [6.07, 6.45) is 2.37. The molecule has 0 unspecified atom stereocenters. The van der Waals surface area contributed by atoms with Crippen molar-refractivity contribution in [3.8, 4) is 5.75 Å². The molecule has 0 amide bonds. The van der Waals surface area contributed by atoms with Crippen LogP contribution in [0.2, 0.25) is 5.02 Å². The molecule has 1 saturated carbocycles. The quantitative estimate of drug-likeness (QED) is 0.880. The summed E-state index contributed by atoms with van der Waals surface area (Å²) in [5.41, 5.74) is 1.68. The number of aromatic nitrogens is 2. The molecular formula is C15H17ClN4O. The minimum Gasteiger partial charge on any atom is -0.495 e. The van der Waals surface area contributed by atoms with Gasteiger partial charge in [-0.15, -0.1) is 0 Å². The van der Waals surface area contributed by atoms with Crippen molar-refractivity contribution >= 4 is 29.1 Å². The lowest BCUT2D eigenvalue weighted by molar-refractivity contribution is 0.417. The fraction of sp³-hybridized carbons (Fsp3) is 0.333. The molecule has 110 valence electrons. The summed E-state index contributed by atoms with van der Waals surface area (Å²) in [4.78, 5) is 8.88. The second-order valence-electron chi connectivity index (χ2n) is 5.11. The van der Waals surface area contributed by atoms with Crippen LogP contribution in [0.25, 0.3) is 0 Å². The van der Waals surface area contributed by atoms with Crippen molar-refractivity contribution in [3.05, 3.63) is 35.0 Å². The van der Waals surface area contributed by atoms with Crippen molar-refractivity contribution in [1.82, 2.24) is 9.97 Å². The Kier molecular flexibility index (Phi) is 3.84. The minimum absolute atomic E-state index is 0.514. The summed E-state index contributed by atoms with van der Waals surface area (Å²) in [6, 6.07) is 7.82. The van der Waals surface area contributed by atoms with E-state index in [1.165, 1.54) is 12.8 Å². The molecule has 0 radical (unpaired) electrons. The molecular weight excluding hydrogens is 288 g/mol. The maximum absolute atomic E-state index is 6.04. The second kappa shape index (κ2) is 5.77. The molecule has 0 bridgehead atoms. The van der Waals surface area contributed by atoms with Crippen LogP contribution in [0.3, 0.4) is 0 Å². The van der Waals surface area contributed by atoms with Crippen molar-refractivity contribution in [2.45, 2.75) is 25.8 Å². The van der Waals surface area contributed by atoms with Crippen molar-refractivity contribution in [3.63, 3.8) is 0 Å². The third-order valence-electron chi connectivity index (χ3n) is 3.19. The van der Waals surface area contributed by atoms with E-state index in [0.717, 1.165) is 11.4 Å². The first-order chi connectivity index (χ1) is 10.1. The predicted octanol–water partition coefficient (Wildman–Crippen LogP) is 3.76. The van der Waals surface area contributed by atoms with Crippen molar-refractivity contribution in [1.29, 1.82) is 0 Å². The third kappa shape index (κ3) is 3.55. The zero-order chi connectivity index (χ0) is 14.8. The number of benzene rings is 1. The molecule has 0 atom stereocenters. The summed E-state index contributed by atoms with van der Waals surface area (Å²) in [5.74, 6) is 2.08. The Morgan fingerprint density at radius 3 is 2.76 bits per heavy atom. The van der Waals surface area contributed by atoms with Crippen LogP contribution in [0.4, 0.5) is 17.5 Å². The number of nitrogens with zero attached hydrogens (tertiary/aromatic N) is 2. The fourth-order valence-electron chi connectivity index (χ4n) is 2.02. The Labute approximate surface area is 128 Å². The highest BCUT2D eigenvalue weighted by molar-refractivity contribution is 6.31. The number of rotatable bonds is 5. The van der Waals surface area contributed by atoms with E-state index < -0.39 is 0 Å². The molecule has 2 aromatic rings. The normalized spacial score (nSPS) is 13.9. The highest BCUT2D eigenvalue weighted by atomic mass is 35.5. The zero-order valence-electron chi connectivity index (χ0n) is 12.0. The van der Waals surface area contributed by atoms with Crippen molar-refractivity contribution in [2.75, 3.05) is 17.7 Å². The number of hydrogen-bond donors (Lipinski definition) is 2. The lowest BCUT2D eigenvalue weighted by Gasteiger charge is -2.12. The van der Waals surface area contributed by atoms with E-state index in [0.29, 0.717) is 28.6 Å². The Bertz CT molecular complexity index is 658. The number of anilines is 3. The maximum Gasteiger partial charge on any atom is 0.225 e. The van der Waals surface area contributed by atoms with E-state index in [1.54, 1.807) is 13.2 Å². The van der Waals surface area contributed by atoms with Gasteiger partial charge in [-0.2, -0.15) is 4.98 Å². The van der Waals surface area contributed by atoms with Crippen LogP contribution >= 0.6 is 11.6 Å². The first-order valence-electron chi connectivity index (χ1n) is 6.87. The smallest absolute Gasteiger partial charge is 0.225 e. The molecule has 0 spiro atoms. The van der Waals surface area contributed by atoms with Gasteiger partial charge in [0, 0.05) is 22.8 Å². The summed E-state index contributed by atoms with van der Waals surface area (Å²) in [6.45, 7) is 1.94. The molecule has 1 heterocycles. The standard InChI is InChI=1S/C15H17ClN4O/c1-9-7-14(20-15(17-9)18-11-4-5-11)19-12-8-10(16)3-6-13(12)21-2/h3,6-8,11H,4-5H2,1-2H3,(H2,17,18,19,20).